The number of H-pyrrole nitrogens is 2. The Bertz CT molecular complexity index is 2650. The fraction of sp³-hybridized carbons (Fsp3) is 0.179. The number of ether oxygens (including phenoxy) is 1. The monoisotopic (exact) mass is 642 g/mol. The number of fused-ring (bicyclic) bond motifs is 20. The van der Waals surface area contributed by atoms with Crippen LogP contribution in [0.2, 0.25) is 0 Å². The van der Waals surface area contributed by atoms with E-state index in [9.17, 15) is 0 Å². The van der Waals surface area contributed by atoms with E-state index in [1.807, 2.05) is 60.7 Å². The lowest BCUT2D eigenvalue weighted by Crippen LogP contribution is -2.48. The summed E-state index contributed by atoms with van der Waals surface area (Å²) in [5.74, 6) is 3.05. The minimum atomic E-state index is 0.173. The average molecular weight is 643 g/mol. The Morgan fingerprint density at radius 1 is 0.510 bits per heavy atom. The van der Waals surface area contributed by atoms with Gasteiger partial charge < -0.3 is 19.2 Å². The number of hydrogen-bond donors (Lipinski definition) is 2. The molecule has 238 valence electrons. The van der Waals surface area contributed by atoms with Crippen molar-refractivity contribution in [1.82, 2.24) is 39.9 Å². The Morgan fingerprint density at radius 3 is 1.47 bits per heavy atom. The molecule has 6 heterocycles. The molecule has 0 amide bonds. The zero-order chi connectivity index (χ0) is 32.7. The largest absolute Gasteiger partial charge is 0.490 e. The molecule has 10 rings (SSSR count). The van der Waals surface area contributed by atoms with Gasteiger partial charge in [-0.05, 0) is 18.2 Å². The van der Waals surface area contributed by atoms with Crippen molar-refractivity contribution in [2.24, 2.45) is 0 Å². The highest BCUT2D eigenvalue weighted by molar-refractivity contribution is 6.07. The molecule has 0 atom stereocenters. The molecule has 3 aromatic heterocycles. The van der Waals surface area contributed by atoms with E-state index in [1.54, 1.807) is 0 Å². The molecule has 0 spiro atoms. The van der Waals surface area contributed by atoms with E-state index in [2.05, 4.69) is 54.4 Å². The summed E-state index contributed by atoms with van der Waals surface area (Å²) in [7, 11) is 4.56. The van der Waals surface area contributed by atoms with E-state index in [-0.39, 0.29) is 6.10 Å². The number of aromatic amines is 2. The molecule has 49 heavy (non-hydrogen) atoms. The lowest BCUT2D eigenvalue weighted by atomic mass is 10.1. The molecule has 8 bridgehead atoms. The Morgan fingerprint density at radius 2 is 0.939 bits per heavy atom. The molecule has 3 aliphatic heterocycles. The first-order chi connectivity index (χ1) is 24.0. The van der Waals surface area contributed by atoms with Crippen LogP contribution in [0.4, 0.5) is 0 Å². The van der Waals surface area contributed by atoms with Crippen molar-refractivity contribution in [2.75, 3.05) is 27.2 Å². The van der Waals surface area contributed by atoms with Crippen LogP contribution in [0.15, 0.2) is 91.0 Å². The number of likely N-dealkylation sites (tertiary alicyclic amines) is 1. The Labute approximate surface area is 281 Å². The molecule has 0 radical (unpaired) electrons. The third kappa shape index (κ3) is 4.67. The second kappa shape index (κ2) is 10.5. The molecule has 3 aliphatic rings. The molecule has 0 saturated carbocycles. The van der Waals surface area contributed by atoms with E-state index in [0.717, 1.165) is 80.0 Å². The highest BCUT2D eigenvalue weighted by Gasteiger charge is 2.29. The van der Waals surface area contributed by atoms with Gasteiger partial charge in [0.05, 0.1) is 27.2 Å². The van der Waals surface area contributed by atoms with Crippen molar-refractivity contribution in [1.29, 1.82) is 0 Å². The molecule has 7 aromatic rings. The molecule has 1 saturated heterocycles. The van der Waals surface area contributed by atoms with Gasteiger partial charge in [0.2, 0.25) is 0 Å². The van der Waals surface area contributed by atoms with Gasteiger partial charge in [-0.2, -0.15) is 0 Å². The summed E-state index contributed by atoms with van der Waals surface area (Å²) in [4.78, 5) is 37.5. The van der Waals surface area contributed by atoms with Crippen LogP contribution in [-0.4, -0.2) is 77.6 Å². The summed E-state index contributed by atoms with van der Waals surface area (Å²) in [6, 6.07) is 30.5. The van der Waals surface area contributed by atoms with E-state index in [1.165, 1.54) is 0 Å². The predicted octanol–water partition coefficient (Wildman–Crippen LogP) is 7.49. The molecule has 2 N–H and O–H groups in total. The van der Waals surface area contributed by atoms with Gasteiger partial charge in [0, 0.05) is 56.6 Å². The summed E-state index contributed by atoms with van der Waals surface area (Å²) in [6.45, 7) is 2.19. The van der Waals surface area contributed by atoms with Gasteiger partial charge in [0.15, 0.2) is 23.3 Å². The highest BCUT2D eigenvalue weighted by Crippen LogP contribution is 2.39. The maximum atomic E-state index is 6.56. The van der Waals surface area contributed by atoms with E-state index < -0.39 is 0 Å². The summed E-state index contributed by atoms with van der Waals surface area (Å²) in [6.07, 6.45) is 2.21. The van der Waals surface area contributed by atoms with Gasteiger partial charge in [-0.25, -0.2) is 29.9 Å². The van der Waals surface area contributed by atoms with Crippen LogP contribution >= 0.6 is 0 Å². The van der Waals surface area contributed by atoms with Crippen molar-refractivity contribution < 1.29 is 9.22 Å². The quantitative estimate of drug-likeness (QED) is 0.188. The minimum absolute atomic E-state index is 0.173. The van der Waals surface area contributed by atoms with Gasteiger partial charge >= 0.3 is 0 Å². The number of benzene rings is 4. The van der Waals surface area contributed by atoms with Crippen LogP contribution in [0.3, 0.4) is 0 Å². The SMILES string of the molecule is C[N+]1(C)CCC(Oc2ccc3c(c2)-c2nc4nc(nc5[nH]c(nc6[nH]c(nc-3n2)c2ccccc62)c2ccccc52)-c2ccccc2-4)CC1. The zero-order valence-corrected chi connectivity index (χ0v) is 27.1. The smallest absolute Gasteiger partial charge is 0.164 e. The molecule has 4 aromatic carbocycles. The average Bonchev–Trinajstić information content (AvgIpc) is 3.85. The van der Waals surface area contributed by atoms with Crippen molar-refractivity contribution in [3.05, 3.63) is 91.0 Å². The van der Waals surface area contributed by atoms with Crippen molar-refractivity contribution in [3.8, 4) is 51.3 Å². The predicted molar refractivity (Wildman–Crippen MR) is 192 cm³/mol. The lowest BCUT2D eigenvalue weighted by molar-refractivity contribution is -0.895. The maximum absolute atomic E-state index is 6.56. The second-order valence-corrected chi connectivity index (χ2v) is 13.7. The van der Waals surface area contributed by atoms with Crippen LogP contribution in [0.5, 0.6) is 5.75 Å². The normalized spacial score (nSPS) is 15.3. The molecular formula is C39H32N9O+. The number of quaternary nitrogens is 1. The van der Waals surface area contributed by atoms with Gasteiger partial charge in [0.25, 0.3) is 0 Å². The van der Waals surface area contributed by atoms with Crippen molar-refractivity contribution in [3.63, 3.8) is 0 Å². The Kier molecular flexibility index (Phi) is 6.01. The first kappa shape index (κ1) is 28.1. The van der Waals surface area contributed by atoms with Crippen LogP contribution in [0.1, 0.15) is 12.8 Å². The first-order valence-electron chi connectivity index (χ1n) is 16.7. The fourth-order valence-corrected chi connectivity index (χ4v) is 7.25. The number of rotatable bonds is 2. The summed E-state index contributed by atoms with van der Waals surface area (Å²) in [5, 5.41) is 3.83. The Hall–Kier alpha value is -6.00. The van der Waals surface area contributed by atoms with Gasteiger partial charge in [-0.3, -0.25) is 0 Å². The van der Waals surface area contributed by atoms with Crippen molar-refractivity contribution >= 4 is 44.1 Å². The minimum Gasteiger partial charge on any atom is -0.490 e. The number of aromatic nitrogens is 8. The lowest BCUT2D eigenvalue weighted by Gasteiger charge is -2.37. The van der Waals surface area contributed by atoms with E-state index >= 15 is 0 Å². The fourth-order valence-electron chi connectivity index (χ4n) is 7.25. The van der Waals surface area contributed by atoms with Crippen LogP contribution in [0.25, 0.3) is 89.7 Å². The van der Waals surface area contributed by atoms with Gasteiger partial charge in [0.1, 0.15) is 34.4 Å². The van der Waals surface area contributed by atoms with E-state index in [0.29, 0.717) is 45.9 Å². The number of piperidine rings is 1. The molecule has 10 nitrogen and oxygen atoms in total. The van der Waals surface area contributed by atoms with Crippen LogP contribution < -0.4 is 4.74 Å². The number of hydrogen-bond acceptors (Lipinski definition) is 7. The van der Waals surface area contributed by atoms with E-state index in [4.69, 9.17) is 34.6 Å². The molecule has 10 heteroatoms. The number of nitrogens with zero attached hydrogens (tertiary/aromatic N) is 7. The standard InChI is InChI=1S/C39H32N9O/c1-48(2)19-17-22(18-20-48)49-23-15-16-30-31(21-23)39-46-37-29-14-8-7-13-28(29)35(44-37)42-33-25-10-4-3-9-24(25)32(40-33)41-34-26-11-5-6-12-27(26)36(43-34)45-38(30)47-39/h3-16,21-22H,17-20H2,1-2H3,(H2,40,41,42,43,44,45,46,47)/q+1. The topological polar surface area (TPSA) is 118 Å². The second-order valence-electron chi connectivity index (χ2n) is 13.7. The van der Waals surface area contributed by atoms with Crippen LogP contribution in [-0.2, 0) is 0 Å². The first-order valence-corrected chi connectivity index (χ1v) is 16.7. The molecule has 0 aliphatic carbocycles. The summed E-state index contributed by atoms with van der Waals surface area (Å²) in [5.41, 5.74) is 6.31. The third-order valence-electron chi connectivity index (χ3n) is 9.94. The Balaban J connectivity index is 1.25. The zero-order valence-electron chi connectivity index (χ0n) is 27.1. The highest BCUT2D eigenvalue weighted by atomic mass is 16.5. The molecule has 1 fully saturated rings. The van der Waals surface area contributed by atoms with Crippen LogP contribution in [0, 0.1) is 0 Å². The van der Waals surface area contributed by atoms with Crippen molar-refractivity contribution in [2.45, 2.75) is 18.9 Å². The summed E-state index contributed by atoms with van der Waals surface area (Å²) >= 11 is 0. The van der Waals surface area contributed by atoms with Gasteiger partial charge in [-0.15, -0.1) is 0 Å². The number of nitrogens with one attached hydrogen (secondary N) is 2. The maximum Gasteiger partial charge on any atom is 0.164 e. The summed E-state index contributed by atoms with van der Waals surface area (Å²) < 4.78 is 7.59. The molecule has 0 unspecified atom stereocenters. The molecular weight excluding hydrogens is 610 g/mol. The van der Waals surface area contributed by atoms with Gasteiger partial charge in [-0.1, -0.05) is 72.8 Å². The third-order valence-corrected chi connectivity index (χ3v) is 9.94.